The van der Waals surface area contributed by atoms with Crippen LogP contribution in [-0.4, -0.2) is 47.1 Å². The number of unbranched alkanes of at least 4 members (excludes halogenated alkanes) is 4. The van der Waals surface area contributed by atoms with Gasteiger partial charge in [-0.3, -0.25) is 0 Å². The van der Waals surface area contributed by atoms with E-state index in [2.05, 4.69) is 12.2 Å². The number of halogens is 1. The Hall–Kier alpha value is -2.81. The smallest absolute Gasteiger partial charge is 0.453 e. The summed E-state index contributed by atoms with van der Waals surface area (Å²) in [6.45, 7) is 4.52. The lowest BCUT2D eigenvalue weighted by atomic mass is 10.1. The molecule has 9 heteroatoms. The Morgan fingerprint density at radius 2 is 1.83 bits per heavy atom. The molecule has 0 fully saturated rings. The van der Waals surface area contributed by atoms with E-state index in [0.717, 1.165) is 36.8 Å². The van der Waals surface area contributed by atoms with E-state index in [1.807, 2.05) is 13.0 Å². The number of aliphatic hydroxyl groups is 1. The summed E-state index contributed by atoms with van der Waals surface area (Å²) in [5, 5.41) is 24.0. The monoisotopic (exact) mass is 519 g/mol. The summed E-state index contributed by atoms with van der Waals surface area (Å²) in [7, 11) is 0. The summed E-state index contributed by atoms with van der Waals surface area (Å²) in [5.41, 5.74) is 1.57. The van der Waals surface area contributed by atoms with Crippen molar-refractivity contribution in [3.8, 4) is 11.5 Å². The fraction of sp³-hybridized carbons (Fsp3) is 0.481. The van der Waals surface area contributed by atoms with Crippen molar-refractivity contribution in [1.29, 1.82) is 0 Å². The lowest BCUT2D eigenvalue weighted by Crippen LogP contribution is -2.55. The number of benzene rings is 2. The standard InChI is InChI=1S/C27H34ClNO7/c1-3-4-5-6-7-13-34-26(33)27(25(31)32)35-23-12-11-19(15-24(23)36-27)14-18(2)29-17-22(30)20-9-8-10-21(28)16-20/h8-12,15-16,18,22,29-30H,3-7,13-14,17H2,1-2H3,(H,31,32). The number of hydrogen-bond acceptors (Lipinski definition) is 7. The van der Waals surface area contributed by atoms with Crippen LogP contribution in [0.3, 0.4) is 0 Å². The van der Waals surface area contributed by atoms with Crippen LogP contribution in [0.1, 0.15) is 63.2 Å². The van der Waals surface area contributed by atoms with E-state index in [0.29, 0.717) is 24.4 Å². The van der Waals surface area contributed by atoms with Gasteiger partial charge in [-0.05, 0) is 55.2 Å². The molecule has 3 rings (SSSR count). The molecular formula is C27H34ClNO7. The molecule has 3 atom stereocenters. The van der Waals surface area contributed by atoms with Gasteiger partial charge in [-0.25, -0.2) is 9.59 Å². The molecule has 1 heterocycles. The number of rotatable bonds is 14. The molecule has 196 valence electrons. The Kier molecular flexibility index (Phi) is 9.98. The number of carbonyl (C=O) groups excluding carboxylic acids is 1. The third-order valence-corrected chi connectivity index (χ3v) is 6.22. The Morgan fingerprint density at radius 1 is 1.08 bits per heavy atom. The lowest BCUT2D eigenvalue weighted by molar-refractivity contribution is -0.198. The zero-order valence-corrected chi connectivity index (χ0v) is 21.4. The largest absolute Gasteiger partial charge is 0.475 e. The summed E-state index contributed by atoms with van der Waals surface area (Å²) in [5.74, 6) is -4.86. The summed E-state index contributed by atoms with van der Waals surface area (Å²) in [6.07, 6.45) is 4.64. The van der Waals surface area contributed by atoms with Crippen molar-refractivity contribution in [2.45, 2.75) is 70.3 Å². The summed E-state index contributed by atoms with van der Waals surface area (Å²) in [4.78, 5) is 24.6. The molecule has 0 bridgehead atoms. The number of carboxylic acid groups (broad SMARTS) is 1. The lowest BCUT2D eigenvalue weighted by Gasteiger charge is -2.20. The van der Waals surface area contributed by atoms with Crippen LogP contribution >= 0.6 is 11.6 Å². The minimum absolute atomic E-state index is 0.0129. The molecule has 0 radical (unpaired) electrons. The zero-order valence-electron chi connectivity index (χ0n) is 20.7. The molecular weight excluding hydrogens is 486 g/mol. The highest BCUT2D eigenvalue weighted by Gasteiger charge is 2.58. The first-order valence-corrected chi connectivity index (χ1v) is 12.7. The second kappa shape index (κ2) is 12.9. The normalized spacial score (nSPS) is 18.0. The van der Waals surface area contributed by atoms with Crippen molar-refractivity contribution in [1.82, 2.24) is 5.32 Å². The molecule has 0 saturated heterocycles. The maximum Gasteiger partial charge on any atom is 0.453 e. The molecule has 0 spiro atoms. The number of aliphatic hydroxyl groups excluding tert-OH is 1. The van der Waals surface area contributed by atoms with E-state index in [1.165, 1.54) is 0 Å². The van der Waals surface area contributed by atoms with Gasteiger partial charge in [-0.1, -0.05) is 62.4 Å². The van der Waals surface area contributed by atoms with Crippen molar-refractivity contribution in [3.05, 3.63) is 58.6 Å². The maximum atomic E-state index is 12.6. The van der Waals surface area contributed by atoms with Gasteiger partial charge in [0.1, 0.15) is 0 Å². The molecule has 0 aliphatic carbocycles. The molecule has 2 aromatic rings. The van der Waals surface area contributed by atoms with Crippen LogP contribution in [0.5, 0.6) is 11.5 Å². The molecule has 3 unspecified atom stereocenters. The summed E-state index contributed by atoms with van der Waals surface area (Å²) in [6, 6.07) is 12.1. The average molecular weight is 520 g/mol. The second-order valence-corrected chi connectivity index (χ2v) is 9.48. The van der Waals surface area contributed by atoms with Crippen molar-refractivity contribution in [2.75, 3.05) is 13.2 Å². The van der Waals surface area contributed by atoms with Crippen molar-refractivity contribution in [3.63, 3.8) is 0 Å². The minimum atomic E-state index is -2.55. The van der Waals surface area contributed by atoms with Gasteiger partial charge in [-0.15, -0.1) is 0 Å². The number of hydrogen-bond donors (Lipinski definition) is 3. The van der Waals surface area contributed by atoms with Crippen LogP contribution in [0.4, 0.5) is 0 Å². The minimum Gasteiger partial charge on any atom is -0.475 e. The third-order valence-electron chi connectivity index (χ3n) is 5.98. The van der Waals surface area contributed by atoms with Crippen molar-refractivity contribution < 1.29 is 34.0 Å². The van der Waals surface area contributed by atoms with E-state index in [9.17, 15) is 19.8 Å². The molecule has 0 aromatic heterocycles. The van der Waals surface area contributed by atoms with Crippen LogP contribution in [-0.2, 0) is 20.7 Å². The number of fused-ring (bicyclic) bond motifs is 1. The number of esters is 1. The molecule has 0 saturated carbocycles. The molecule has 8 nitrogen and oxygen atoms in total. The molecule has 1 aliphatic heterocycles. The van der Waals surface area contributed by atoms with E-state index in [1.54, 1.807) is 36.4 Å². The number of nitrogens with one attached hydrogen (secondary N) is 1. The Balaban J connectivity index is 1.55. The van der Waals surface area contributed by atoms with Gasteiger partial charge in [0, 0.05) is 17.6 Å². The van der Waals surface area contributed by atoms with Gasteiger partial charge in [0.15, 0.2) is 11.5 Å². The van der Waals surface area contributed by atoms with Crippen LogP contribution in [0.15, 0.2) is 42.5 Å². The highest BCUT2D eigenvalue weighted by molar-refractivity contribution is 6.30. The van der Waals surface area contributed by atoms with Gasteiger partial charge in [0.05, 0.1) is 12.7 Å². The predicted molar refractivity (Wildman–Crippen MR) is 135 cm³/mol. The molecule has 1 aliphatic rings. The van der Waals surface area contributed by atoms with Gasteiger partial charge in [-0.2, -0.15) is 0 Å². The number of carbonyl (C=O) groups is 2. The van der Waals surface area contributed by atoms with Gasteiger partial charge >= 0.3 is 17.7 Å². The Bertz CT molecular complexity index is 1050. The first-order valence-electron chi connectivity index (χ1n) is 12.3. The highest BCUT2D eigenvalue weighted by atomic mass is 35.5. The summed E-state index contributed by atoms with van der Waals surface area (Å²) >= 11 is 5.99. The van der Waals surface area contributed by atoms with Crippen LogP contribution < -0.4 is 14.8 Å². The first-order chi connectivity index (χ1) is 17.2. The zero-order chi connectivity index (χ0) is 26.1. The quantitative estimate of drug-likeness (QED) is 0.187. The van der Waals surface area contributed by atoms with Gasteiger partial charge < -0.3 is 29.7 Å². The average Bonchev–Trinajstić information content (AvgIpc) is 3.25. The number of aliphatic carboxylic acids is 1. The van der Waals surface area contributed by atoms with Gasteiger partial charge in [0.25, 0.3) is 0 Å². The van der Waals surface area contributed by atoms with Crippen LogP contribution in [0.25, 0.3) is 0 Å². The Morgan fingerprint density at radius 3 is 2.56 bits per heavy atom. The number of carboxylic acids is 1. The first kappa shape index (κ1) is 27.8. The van der Waals surface area contributed by atoms with E-state index < -0.39 is 23.8 Å². The van der Waals surface area contributed by atoms with Crippen LogP contribution in [0, 0.1) is 0 Å². The molecule has 3 N–H and O–H groups in total. The van der Waals surface area contributed by atoms with E-state index in [4.69, 9.17) is 25.8 Å². The van der Waals surface area contributed by atoms with Gasteiger partial charge in [0.2, 0.25) is 0 Å². The predicted octanol–water partition coefficient (Wildman–Crippen LogP) is 4.66. The fourth-order valence-electron chi connectivity index (χ4n) is 3.97. The second-order valence-electron chi connectivity index (χ2n) is 9.04. The maximum absolute atomic E-state index is 12.6. The van der Waals surface area contributed by atoms with Crippen LogP contribution in [0.2, 0.25) is 5.02 Å². The topological polar surface area (TPSA) is 114 Å². The third kappa shape index (κ3) is 7.12. The SMILES string of the molecule is CCCCCCCOC(=O)C1(C(=O)O)Oc2ccc(CC(C)NCC(O)c3cccc(Cl)c3)cc2O1. The molecule has 2 aromatic carbocycles. The highest BCUT2D eigenvalue weighted by Crippen LogP contribution is 2.41. The number of ether oxygens (including phenoxy) is 3. The van der Waals surface area contributed by atoms with E-state index >= 15 is 0 Å². The molecule has 36 heavy (non-hydrogen) atoms. The van der Waals surface area contributed by atoms with E-state index in [-0.39, 0.29) is 24.1 Å². The van der Waals surface area contributed by atoms with Crippen molar-refractivity contribution in [2.24, 2.45) is 0 Å². The fourth-order valence-corrected chi connectivity index (χ4v) is 4.17. The van der Waals surface area contributed by atoms with Crippen molar-refractivity contribution >= 4 is 23.5 Å². The Labute approximate surface area is 216 Å². The molecule has 0 amide bonds. The summed E-state index contributed by atoms with van der Waals surface area (Å²) < 4.78 is 16.2.